The second-order valence-corrected chi connectivity index (χ2v) is 6.13. The highest BCUT2D eigenvalue weighted by molar-refractivity contribution is 5.89. The van der Waals surface area contributed by atoms with E-state index in [1.165, 1.54) is 11.5 Å². The number of hydrogen-bond acceptors (Lipinski definition) is 4. The van der Waals surface area contributed by atoms with Crippen molar-refractivity contribution in [3.05, 3.63) is 51.5 Å². The van der Waals surface area contributed by atoms with Crippen molar-refractivity contribution in [1.29, 1.82) is 0 Å². The van der Waals surface area contributed by atoms with Gasteiger partial charge in [-0.05, 0) is 24.5 Å². The van der Waals surface area contributed by atoms with E-state index in [1.54, 1.807) is 17.4 Å². The van der Waals surface area contributed by atoms with Gasteiger partial charge in [-0.1, -0.05) is 0 Å². The molecule has 3 heterocycles. The van der Waals surface area contributed by atoms with Crippen LogP contribution in [0.4, 0.5) is 0 Å². The Kier molecular flexibility index (Phi) is 4.43. The van der Waals surface area contributed by atoms with Gasteiger partial charge in [0.2, 0.25) is 5.91 Å². The summed E-state index contributed by atoms with van der Waals surface area (Å²) in [6.45, 7) is 5.16. The summed E-state index contributed by atoms with van der Waals surface area (Å²) in [6.07, 6.45) is 5.53. The molecule has 0 spiro atoms. The van der Waals surface area contributed by atoms with E-state index in [9.17, 15) is 19.5 Å². The lowest BCUT2D eigenvalue weighted by Gasteiger charge is -2.29. The SMILES string of the molecule is CCn1cnc(Cn2cc3c(c(C(=O)O)c2=O)CCN(C(C)=O)C3)c1. The van der Waals surface area contributed by atoms with Crippen molar-refractivity contribution in [3.8, 4) is 0 Å². The molecule has 0 saturated carbocycles. The monoisotopic (exact) mass is 344 g/mol. The molecular weight excluding hydrogens is 324 g/mol. The number of nitrogens with zero attached hydrogens (tertiary/aromatic N) is 4. The molecule has 2 aromatic rings. The third-order valence-electron chi connectivity index (χ3n) is 4.51. The van der Waals surface area contributed by atoms with Crippen molar-refractivity contribution in [1.82, 2.24) is 19.0 Å². The van der Waals surface area contributed by atoms with E-state index in [0.717, 1.165) is 6.54 Å². The molecule has 1 aliphatic rings. The summed E-state index contributed by atoms with van der Waals surface area (Å²) in [5, 5.41) is 9.52. The minimum atomic E-state index is -1.23. The Hall–Kier alpha value is -2.90. The summed E-state index contributed by atoms with van der Waals surface area (Å²) < 4.78 is 3.25. The predicted octanol–water partition coefficient (Wildman–Crippen LogP) is 0.716. The van der Waals surface area contributed by atoms with Crippen LogP contribution in [-0.2, 0) is 30.8 Å². The molecule has 8 nitrogen and oxygen atoms in total. The highest BCUT2D eigenvalue weighted by Crippen LogP contribution is 2.21. The first-order chi connectivity index (χ1) is 11.9. The average molecular weight is 344 g/mol. The number of aryl methyl sites for hydroxylation is 1. The molecule has 8 heteroatoms. The van der Waals surface area contributed by atoms with E-state index in [0.29, 0.717) is 36.3 Å². The summed E-state index contributed by atoms with van der Waals surface area (Å²) in [4.78, 5) is 41.8. The fourth-order valence-electron chi connectivity index (χ4n) is 3.15. The van der Waals surface area contributed by atoms with E-state index in [-0.39, 0.29) is 18.0 Å². The molecule has 0 aliphatic carbocycles. The number of carbonyl (C=O) groups excluding carboxylic acids is 1. The van der Waals surface area contributed by atoms with Crippen LogP contribution in [-0.4, -0.2) is 42.5 Å². The van der Waals surface area contributed by atoms with Gasteiger partial charge >= 0.3 is 5.97 Å². The molecular formula is C17H20N4O4. The number of hydrogen-bond donors (Lipinski definition) is 1. The van der Waals surface area contributed by atoms with Crippen molar-refractivity contribution in [2.75, 3.05) is 6.54 Å². The summed E-state index contributed by atoms with van der Waals surface area (Å²) in [6, 6.07) is 0. The summed E-state index contributed by atoms with van der Waals surface area (Å²) in [5.41, 5.74) is 1.18. The maximum atomic E-state index is 12.6. The first-order valence-corrected chi connectivity index (χ1v) is 8.15. The van der Waals surface area contributed by atoms with E-state index in [1.807, 2.05) is 17.7 Å². The van der Waals surface area contributed by atoms with Crippen molar-refractivity contribution in [2.24, 2.45) is 0 Å². The van der Waals surface area contributed by atoms with Gasteiger partial charge in [-0.3, -0.25) is 9.59 Å². The van der Waals surface area contributed by atoms with Crippen LogP contribution in [0.5, 0.6) is 0 Å². The van der Waals surface area contributed by atoms with Crippen molar-refractivity contribution >= 4 is 11.9 Å². The number of aromatic nitrogens is 3. The van der Waals surface area contributed by atoms with E-state index in [2.05, 4.69) is 4.98 Å². The topological polar surface area (TPSA) is 97.4 Å². The minimum absolute atomic E-state index is 0.0676. The van der Waals surface area contributed by atoms with Gasteiger partial charge in [-0.2, -0.15) is 0 Å². The largest absolute Gasteiger partial charge is 0.477 e. The van der Waals surface area contributed by atoms with Crippen LogP contribution in [0.15, 0.2) is 23.5 Å². The number of carboxylic acids is 1. The molecule has 0 saturated heterocycles. The maximum absolute atomic E-state index is 12.6. The number of imidazole rings is 1. The van der Waals surface area contributed by atoms with E-state index < -0.39 is 11.5 Å². The van der Waals surface area contributed by atoms with Crippen LogP contribution >= 0.6 is 0 Å². The molecule has 132 valence electrons. The molecule has 0 radical (unpaired) electrons. The Morgan fingerprint density at radius 2 is 2.08 bits per heavy atom. The van der Waals surface area contributed by atoms with Crippen LogP contribution in [0.1, 0.15) is 41.0 Å². The second kappa shape index (κ2) is 6.54. The molecule has 2 aromatic heterocycles. The Bertz CT molecular complexity index is 897. The number of fused-ring (bicyclic) bond motifs is 1. The fourth-order valence-corrected chi connectivity index (χ4v) is 3.15. The minimum Gasteiger partial charge on any atom is -0.477 e. The van der Waals surface area contributed by atoms with Crippen LogP contribution in [0.25, 0.3) is 0 Å². The van der Waals surface area contributed by atoms with Crippen molar-refractivity contribution < 1.29 is 14.7 Å². The zero-order valence-electron chi connectivity index (χ0n) is 14.2. The van der Waals surface area contributed by atoms with Crippen LogP contribution in [0.2, 0.25) is 0 Å². The Balaban J connectivity index is 2.05. The lowest BCUT2D eigenvalue weighted by molar-refractivity contribution is -0.129. The summed E-state index contributed by atoms with van der Waals surface area (Å²) >= 11 is 0. The predicted molar refractivity (Wildman–Crippen MR) is 89.5 cm³/mol. The molecule has 1 N–H and O–H groups in total. The van der Waals surface area contributed by atoms with Crippen LogP contribution in [0.3, 0.4) is 0 Å². The molecule has 25 heavy (non-hydrogen) atoms. The number of carboxylic acid groups (broad SMARTS) is 1. The smallest absolute Gasteiger partial charge is 0.341 e. The zero-order chi connectivity index (χ0) is 18.1. The zero-order valence-corrected chi connectivity index (χ0v) is 14.2. The lowest BCUT2D eigenvalue weighted by atomic mass is 9.96. The number of rotatable bonds is 4. The van der Waals surface area contributed by atoms with Gasteiger partial charge in [0, 0.05) is 39.0 Å². The van der Waals surface area contributed by atoms with Gasteiger partial charge in [-0.15, -0.1) is 0 Å². The first kappa shape index (κ1) is 16.9. The molecule has 3 rings (SSSR count). The maximum Gasteiger partial charge on any atom is 0.341 e. The molecule has 1 amide bonds. The Labute approximate surface area is 144 Å². The van der Waals surface area contributed by atoms with Gasteiger partial charge in [0.25, 0.3) is 5.56 Å². The highest BCUT2D eigenvalue weighted by atomic mass is 16.4. The lowest BCUT2D eigenvalue weighted by Crippen LogP contribution is -2.38. The number of aromatic carboxylic acids is 1. The molecule has 0 unspecified atom stereocenters. The Morgan fingerprint density at radius 3 is 2.68 bits per heavy atom. The van der Waals surface area contributed by atoms with Gasteiger partial charge < -0.3 is 19.1 Å². The van der Waals surface area contributed by atoms with Gasteiger partial charge in [0.15, 0.2) is 0 Å². The van der Waals surface area contributed by atoms with E-state index in [4.69, 9.17) is 0 Å². The average Bonchev–Trinajstić information content (AvgIpc) is 3.02. The third kappa shape index (κ3) is 3.19. The number of carbonyl (C=O) groups is 2. The third-order valence-corrected chi connectivity index (χ3v) is 4.51. The molecule has 0 bridgehead atoms. The second-order valence-electron chi connectivity index (χ2n) is 6.13. The molecule has 0 aromatic carbocycles. The molecule has 1 aliphatic heterocycles. The van der Waals surface area contributed by atoms with Crippen molar-refractivity contribution in [3.63, 3.8) is 0 Å². The molecule has 0 fully saturated rings. The molecule has 0 atom stereocenters. The van der Waals surface area contributed by atoms with Crippen molar-refractivity contribution in [2.45, 2.75) is 39.9 Å². The van der Waals surface area contributed by atoms with Crippen LogP contribution in [0, 0.1) is 0 Å². The van der Waals surface area contributed by atoms with Crippen LogP contribution < -0.4 is 5.56 Å². The Morgan fingerprint density at radius 1 is 1.32 bits per heavy atom. The first-order valence-electron chi connectivity index (χ1n) is 8.15. The van der Waals surface area contributed by atoms with E-state index >= 15 is 0 Å². The van der Waals surface area contributed by atoms with Gasteiger partial charge in [-0.25, -0.2) is 9.78 Å². The normalized spacial score (nSPS) is 13.6. The number of amides is 1. The summed E-state index contributed by atoms with van der Waals surface area (Å²) in [5.74, 6) is -1.30. The summed E-state index contributed by atoms with van der Waals surface area (Å²) in [7, 11) is 0. The fraction of sp³-hybridized carbons (Fsp3) is 0.412. The van der Waals surface area contributed by atoms with Gasteiger partial charge in [0.05, 0.1) is 18.6 Å². The van der Waals surface area contributed by atoms with Gasteiger partial charge in [0.1, 0.15) is 5.56 Å². The highest BCUT2D eigenvalue weighted by Gasteiger charge is 2.26. The number of pyridine rings is 1. The standard InChI is InChI=1S/C17H20N4O4/c1-3-19-8-13(18-10-19)9-21-7-12-6-20(11(2)22)5-4-14(12)15(16(21)23)17(24)25/h7-8,10H,3-6,9H2,1-2H3,(H,24,25). The quantitative estimate of drug-likeness (QED) is 0.881.